The molecule has 0 bridgehead atoms. The Kier molecular flexibility index (Phi) is 6.50. The predicted molar refractivity (Wildman–Crippen MR) is 116 cm³/mol. The molecule has 0 aliphatic carbocycles. The molecular weight excluding hydrogens is 454 g/mol. The lowest BCUT2D eigenvalue weighted by atomic mass is 10.1. The first-order valence-electron chi connectivity index (χ1n) is 10.1. The summed E-state index contributed by atoms with van der Waals surface area (Å²) in [5, 5.41) is 71.5. The first-order chi connectivity index (χ1) is 15.5. The Morgan fingerprint density at radius 3 is 2.21 bits per heavy atom. The molecule has 2 aromatic carbocycles. The molecule has 2 aliphatic heterocycles. The van der Waals surface area contributed by atoms with E-state index in [1.165, 1.54) is 16.7 Å². The van der Waals surface area contributed by atoms with Gasteiger partial charge in [0.15, 0.2) is 0 Å². The fourth-order valence-corrected chi connectivity index (χ4v) is 4.82. The van der Waals surface area contributed by atoms with E-state index in [-0.39, 0.29) is 0 Å². The third-order valence-corrected chi connectivity index (χ3v) is 6.34. The molecule has 1 fully saturated rings. The molecule has 0 aromatic heterocycles. The van der Waals surface area contributed by atoms with Crippen LogP contribution in [-0.4, -0.2) is 102 Å². The fraction of sp³-hybridized carbons (Fsp3) is 0.381. The molecule has 33 heavy (non-hydrogen) atoms. The summed E-state index contributed by atoms with van der Waals surface area (Å²) in [4.78, 5) is 8.00. The number of piperazine rings is 1. The van der Waals surface area contributed by atoms with Crippen molar-refractivity contribution >= 4 is 23.3 Å². The number of ether oxygens (including phenoxy) is 1. The molecule has 12 heteroatoms. The Hall–Kier alpha value is -2.10. The van der Waals surface area contributed by atoms with Gasteiger partial charge in [-0.25, -0.2) is 4.99 Å². The van der Waals surface area contributed by atoms with Crippen molar-refractivity contribution in [2.75, 3.05) is 32.8 Å². The van der Waals surface area contributed by atoms with Crippen LogP contribution in [0.5, 0.6) is 0 Å². The maximum atomic E-state index is 10.7. The van der Waals surface area contributed by atoms with Crippen LogP contribution in [0.1, 0.15) is 5.56 Å². The topological polar surface area (TPSA) is 170 Å². The van der Waals surface area contributed by atoms with Crippen molar-refractivity contribution in [2.45, 2.75) is 27.6 Å². The monoisotopic (exact) mass is 479 g/mol. The highest BCUT2D eigenvalue weighted by atomic mass is 32.2. The number of rotatable bonds is 5. The van der Waals surface area contributed by atoms with Crippen LogP contribution >= 0.6 is 11.8 Å². The second kappa shape index (κ2) is 8.92. The second-order valence-electron chi connectivity index (χ2n) is 7.81. The van der Waals surface area contributed by atoms with Crippen LogP contribution in [-0.2, 0) is 4.74 Å². The number of amidine groups is 1. The van der Waals surface area contributed by atoms with E-state index in [2.05, 4.69) is 9.73 Å². The van der Waals surface area contributed by atoms with E-state index in [4.69, 9.17) is 5.11 Å². The second-order valence-corrected chi connectivity index (χ2v) is 8.89. The third-order valence-electron chi connectivity index (χ3n) is 5.20. The third kappa shape index (κ3) is 5.05. The summed E-state index contributed by atoms with van der Waals surface area (Å²) in [6, 6.07) is 14.7. The predicted octanol–water partition coefficient (Wildman–Crippen LogP) is -1.23. The molecule has 2 heterocycles. The maximum Gasteiger partial charge on any atom is 0.291 e. The molecular formula is C21H25N3O8S. The molecule has 0 atom stereocenters. The SMILES string of the molecule is OCCOC(O)(O)CN1C(O)(O)CN(C2=Nc3ccccc3Sc3ccccc32)CC1(O)O. The van der Waals surface area contributed by atoms with Gasteiger partial charge in [0.05, 0.1) is 38.5 Å². The van der Waals surface area contributed by atoms with Crippen molar-refractivity contribution in [1.29, 1.82) is 0 Å². The van der Waals surface area contributed by atoms with E-state index in [1.807, 2.05) is 30.3 Å². The minimum atomic E-state index is -2.99. The Morgan fingerprint density at radius 2 is 1.55 bits per heavy atom. The number of aliphatic hydroxyl groups is 7. The fourth-order valence-electron chi connectivity index (χ4n) is 3.80. The molecule has 2 aromatic rings. The lowest BCUT2D eigenvalue weighted by molar-refractivity contribution is -0.442. The normalized spacial score (nSPS) is 20.0. The van der Waals surface area contributed by atoms with Gasteiger partial charge in [0.2, 0.25) is 11.8 Å². The van der Waals surface area contributed by atoms with Crippen LogP contribution < -0.4 is 0 Å². The highest BCUT2D eigenvalue weighted by Crippen LogP contribution is 2.41. The summed E-state index contributed by atoms with van der Waals surface area (Å²) in [6.45, 7) is -3.21. The van der Waals surface area contributed by atoms with Crippen LogP contribution in [0.2, 0.25) is 0 Å². The summed E-state index contributed by atoms with van der Waals surface area (Å²) in [5.41, 5.74) is 1.28. The highest BCUT2D eigenvalue weighted by molar-refractivity contribution is 7.99. The molecule has 0 spiro atoms. The molecule has 0 amide bonds. The zero-order chi connectivity index (χ0) is 23.9. The first kappa shape index (κ1) is 24.0. The smallest absolute Gasteiger partial charge is 0.291 e. The van der Waals surface area contributed by atoms with E-state index in [0.29, 0.717) is 22.0 Å². The van der Waals surface area contributed by atoms with Crippen LogP contribution in [0, 0.1) is 0 Å². The van der Waals surface area contributed by atoms with Crippen molar-refractivity contribution in [3.05, 3.63) is 54.1 Å². The average Bonchev–Trinajstić information content (AvgIpc) is 2.91. The van der Waals surface area contributed by atoms with Gasteiger partial charge in [0.25, 0.3) is 5.97 Å². The van der Waals surface area contributed by atoms with E-state index < -0.39 is 50.6 Å². The highest BCUT2D eigenvalue weighted by Gasteiger charge is 2.55. The summed E-state index contributed by atoms with van der Waals surface area (Å²) < 4.78 is 4.65. The Morgan fingerprint density at radius 1 is 0.939 bits per heavy atom. The van der Waals surface area contributed by atoms with Gasteiger partial charge < -0.3 is 45.4 Å². The molecule has 7 N–H and O–H groups in total. The number of hydrogen-bond donors (Lipinski definition) is 7. The quantitative estimate of drug-likeness (QED) is 0.256. The number of hydrogen-bond acceptors (Lipinski definition) is 12. The van der Waals surface area contributed by atoms with Gasteiger partial charge in [-0.05, 0) is 18.2 Å². The molecule has 0 radical (unpaired) electrons. The summed E-state index contributed by atoms with van der Waals surface area (Å²) in [7, 11) is 0. The van der Waals surface area contributed by atoms with Gasteiger partial charge in [-0.2, -0.15) is 4.90 Å². The van der Waals surface area contributed by atoms with E-state index >= 15 is 0 Å². The van der Waals surface area contributed by atoms with E-state index in [1.54, 1.807) is 18.2 Å². The number of nitrogens with zero attached hydrogens (tertiary/aromatic N) is 3. The van der Waals surface area contributed by atoms with Crippen molar-refractivity contribution in [3.8, 4) is 0 Å². The zero-order valence-electron chi connectivity index (χ0n) is 17.4. The van der Waals surface area contributed by atoms with Gasteiger partial charge in [-0.3, -0.25) is 0 Å². The lowest BCUT2D eigenvalue weighted by Crippen LogP contribution is -2.75. The molecule has 0 unspecified atom stereocenters. The van der Waals surface area contributed by atoms with Crippen LogP contribution in [0.4, 0.5) is 5.69 Å². The van der Waals surface area contributed by atoms with Crippen molar-refractivity contribution < 1.29 is 40.5 Å². The van der Waals surface area contributed by atoms with Crippen molar-refractivity contribution in [2.24, 2.45) is 4.99 Å². The van der Waals surface area contributed by atoms with Gasteiger partial charge >= 0.3 is 0 Å². The van der Waals surface area contributed by atoms with Crippen molar-refractivity contribution in [1.82, 2.24) is 9.80 Å². The van der Waals surface area contributed by atoms with Gasteiger partial charge in [-0.15, -0.1) is 0 Å². The van der Waals surface area contributed by atoms with Gasteiger partial charge in [-0.1, -0.05) is 42.1 Å². The lowest BCUT2D eigenvalue weighted by Gasteiger charge is -2.52. The number of aliphatic imine (C=N–C) groups is 1. The van der Waals surface area contributed by atoms with Crippen LogP contribution in [0.3, 0.4) is 0 Å². The molecule has 178 valence electrons. The Bertz CT molecular complexity index is 1030. The standard InChI is InChI=1S/C21H25N3O8S/c25-9-10-32-21(30,31)13-24-19(26,27)11-23(12-20(24,28)29)18-14-5-1-3-7-16(14)33-17-8-4-2-6-15(17)22-18/h1-8,25-31H,9-13H2. The zero-order valence-corrected chi connectivity index (χ0v) is 18.3. The van der Waals surface area contributed by atoms with Crippen LogP contribution in [0.15, 0.2) is 63.3 Å². The van der Waals surface area contributed by atoms with Crippen LogP contribution in [0.25, 0.3) is 0 Å². The average molecular weight is 480 g/mol. The van der Waals surface area contributed by atoms with E-state index in [9.17, 15) is 30.6 Å². The van der Waals surface area contributed by atoms with Crippen molar-refractivity contribution in [3.63, 3.8) is 0 Å². The van der Waals surface area contributed by atoms with Gasteiger partial charge in [0, 0.05) is 15.4 Å². The first-order valence-corrected chi connectivity index (χ1v) is 10.9. The minimum absolute atomic E-state index is 0.290. The summed E-state index contributed by atoms with van der Waals surface area (Å²) in [6.07, 6.45) is 0. The van der Waals surface area contributed by atoms with E-state index in [0.717, 1.165) is 9.79 Å². The largest absolute Gasteiger partial charge is 0.394 e. The molecule has 0 saturated carbocycles. The number of benzene rings is 2. The number of β-amino-alcohol motifs (C(OH)–C–C–N with tert-alkyl or cyclic N) is 6. The minimum Gasteiger partial charge on any atom is -0.394 e. The Balaban J connectivity index is 1.69. The Labute approximate surface area is 193 Å². The number of para-hydroxylation sites is 1. The number of fused-ring (bicyclic) bond motifs is 2. The number of aliphatic hydroxyl groups excluding tert-OH is 1. The molecule has 2 aliphatic rings. The van der Waals surface area contributed by atoms with Gasteiger partial charge in [0.1, 0.15) is 5.84 Å². The maximum absolute atomic E-state index is 10.7. The molecule has 1 saturated heterocycles. The molecule has 4 rings (SSSR count). The summed E-state index contributed by atoms with van der Waals surface area (Å²) >= 11 is 1.48. The summed E-state index contributed by atoms with van der Waals surface area (Å²) in [5.74, 6) is -8.53. The molecule has 11 nitrogen and oxygen atoms in total.